The number of rotatable bonds is 8. The van der Waals surface area contributed by atoms with Gasteiger partial charge in [0.05, 0.1) is 27.0 Å². The summed E-state index contributed by atoms with van der Waals surface area (Å²) in [5, 5.41) is 8.79. The number of carbonyl (C=O) groups excluding carboxylic acids is 1. The number of para-hydroxylation sites is 1. The van der Waals surface area contributed by atoms with Gasteiger partial charge in [0.2, 0.25) is 0 Å². The summed E-state index contributed by atoms with van der Waals surface area (Å²) >= 11 is 0. The summed E-state index contributed by atoms with van der Waals surface area (Å²) in [4.78, 5) is 16.6. The minimum Gasteiger partial charge on any atom is -0.496 e. The second-order valence-corrected chi connectivity index (χ2v) is 7.68. The number of nitrogens with zero attached hydrogens (tertiary/aromatic N) is 4. The molecule has 0 bridgehead atoms. The molecule has 1 aliphatic heterocycles. The fraction of sp³-hybridized carbons (Fsp3) is 0.320. The lowest BCUT2D eigenvalue weighted by Gasteiger charge is -2.35. The molecule has 1 aliphatic rings. The average molecular weight is 465 g/mol. The molecule has 178 valence electrons. The summed E-state index contributed by atoms with van der Waals surface area (Å²) in [7, 11) is 4.78. The van der Waals surface area contributed by atoms with E-state index in [1.807, 2.05) is 36.4 Å². The van der Waals surface area contributed by atoms with E-state index < -0.39 is 0 Å². The van der Waals surface area contributed by atoms with Crippen LogP contribution in [-0.2, 0) is 4.79 Å². The predicted octanol–water partition coefficient (Wildman–Crippen LogP) is 2.90. The quantitative estimate of drug-likeness (QED) is 0.503. The third-order valence-corrected chi connectivity index (χ3v) is 5.68. The van der Waals surface area contributed by atoms with Gasteiger partial charge in [0.1, 0.15) is 23.0 Å². The largest absolute Gasteiger partial charge is 0.496 e. The number of benzene rings is 2. The van der Waals surface area contributed by atoms with Crippen LogP contribution in [0.15, 0.2) is 54.6 Å². The van der Waals surface area contributed by atoms with Gasteiger partial charge in [-0.25, -0.2) is 0 Å². The summed E-state index contributed by atoms with van der Waals surface area (Å²) in [5.41, 5.74) is 1.65. The highest BCUT2D eigenvalue weighted by molar-refractivity contribution is 5.78. The maximum atomic E-state index is 12.7. The molecule has 9 nitrogen and oxygen atoms in total. The van der Waals surface area contributed by atoms with Crippen molar-refractivity contribution in [1.82, 2.24) is 15.1 Å². The number of carbonyl (C=O) groups is 1. The fourth-order valence-corrected chi connectivity index (χ4v) is 3.78. The zero-order valence-electron chi connectivity index (χ0n) is 19.6. The number of ether oxygens (including phenoxy) is 4. The van der Waals surface area contributed by atoms with Gasteiger partial charge in [-0.3, -0.25) is 4.79 Å². The third kappa shape index (κ3) is 5.31. The van der Waals surface area contributed by atoms with Crippen molar-refractivity contribution in [2.45, 2.75) is 0 Å². The molecular formula is C25H28N4O5. The van der Waals surface area contributed by atoms with Crippen molar-refractivity contribution in [3.05, 3.63) is 54.6 Å². The number of piperazine rings is 1. The fourth-order valence-electron chi connectivity index (χ4n) is 3.78. The number of hydrogen-bond donors (Lipinski definition) is 0. The van der Waals surface area contributed by atoms with E-state index in [9.17, 15) is 4.79 Å². The minimum atomic E-state index is -0.0703. The number of hydrogen-bond acceptors (Lipinski definition) is 8. The van der Waals surface area contributed by atoms with Crippen LogP contribution in [0, 0.1) is 0 Å². The van der Waals surface area contributed by atoms with Crippen LogP contribution in [0.25, 0.3) is 11.3 Å². The Morgan fingerprint density at radius 1 is 0.824 bits per heavy atom. The first-order valence-corrected chi connectivity index (χ1v) is 11.0. The Morgan fingerprint density at radius 3 is 2.12 bits per heavy atom. The van der Waals surface area contributed by atoms with Gasteiger partial charge in [-0.2, -0.15) is 0 Å². The van der Waals surface area contributed by atoms with E-state index in [-0.39, 0.29) is 12.5 Å². The zero-order valence-corrected chi connectivity index (χ0v) is 19.6. The molecule has 0 spiro atoms. The normalized spacial score (nSPS) is 13.4. The molecule has 0 aliphatic carbocycles. The molecule has 3 aromatic rings. The molecule has 0 unspecified atom stereocenters. The Kier molecular flexibility index (Phi) is 7.31. The molecule has 9 heteroatoms. The van der Waals surface area contributed by atoms with Crippen LogP contribution in [0.2, 0.25) is 0 Å². The van der Waals surface area contributed by atoms with E-state index in [0.29, 0.717) is 43.4 Å². The minimum absolute atomic E-state index is 0.0519. The van der Waals surface area contributed by atoms with Crippen LogP contribution in [0.1, 0.15) is 0 Å². The molecule has 0 saturated carbocycles. The molecule has 34 heavy (non-hydrogen) atoms. The molecule has 1 aromatic heterocycles. The Hall–Kier alpha value is -4.01. The summed E-state index contributed by atoms with van der Waals surface area (Å²) < 4.78 is 21.6. The first kappa shape index (κ1) is 23.2. The summed E-state index contributed by atoms with van der Waals surface area (Å²) in [6, 6.07) is 16.8. The summed E-state index contributed by atoms with van der Waals surface area (Å²) in [6.45, 7) is 2.45. The summed E-state index contributed by atoms with van der Waals surface area (Å²) in [5.74, 6) is 3.20. The van der Waals surface area contributed by atoms with Gasteiger partial charge in [0.25, 0.3) is 5.91 Å². The van der Waals surface area contributed by atoms with Crippen LogP contribution in [0.3, 0.4) is 0 Å². The van der Waals surface area contributed by atoms with Gasteiger partial charge in [-0.05, 0) is 24.3 Å². The van der Waals surface area contributed by atoms with E-state index in [0.717, 1.165) is 22.8 Å². The maximum absolute atomic E-state index is 12.7. The average Bonchev–Trinajstić information content (AvgIpc) is 2.91. The van der Waals surface area contributed by atoms with Gasteiger partial charge in [0, 0.05) is 49.9 Å². The van der Waals surface area contributed by atoms with Crippen molar-refractivity contribution in [3.8, 4) is 34.3 Å². The third-order valence-electron chi connectivity index (χ3n) is 5.68. The second kappa shape index (κ2) is 10.7. The van der Waals surface area contributed by atoms with Crippen LogP contribution in [0.4, 0.5) is 5.82 Å². The molecule has 0 atom stereocenters. The zero-order chi connectivity index (χ0) is 23.9. The number of amides is 1. The molecule has 2 heterocycles. The van der Waals surface area contributed by atoms with Crippen molar-refractivity contribution in [1.29, 1.82) is 0 Å². The van der Waals surface area contributed by atoms with E-state index in [1.54, 1.807) is 44.4 Å². The molecular weight excluding hydrogens is 436 g/mol. The lowest BCUT2D eigenvalue weighted by atomic mass is 10.1. The van der Waals surface area contributed by atoms with Crippen molar-refractivity contribution >= 4 is 11.7 Å². The smallest absolute Gasteiger partial charge is 0.260 e. The van der Waals surface area contributed by atoms with Crippen LogP contribution >= 0.6 is 0 Å². The number of methoxy groups -OCH3 is 3. The topological polar surface area (TPSA) is 86.3 Å². The first-order chi connectivity index (χ1) is 16.6. The van der Waals surface area contributed by atoms with E-state index in [4.69, 9.17) is 18.9 Å². The Balaban J connectivity index is 1.31. The van der Waals surface area contributed by atoms with Gasteiger partial charge >= 0.3 is 0 Å². The lowest BCUT2D eigenvalue weighted by molar-refractivity contribution is -0.133. The monoisotopic (exact) mass is 464 g/mol. The number of anilines is 1. The summed E-state index contributed by atoms with van der Waals surface area (Å²) in [6.07, 6.45) is 0. The van der Waals surface area contributed by atoms with Crippen LogP contribution in [-0.4, -0.2) is 75.1 Å². The first-order valence-electron chi connectivity index (χ1n) is 11.0. The van der Waals surface area contributed by atoms with Gasteiger partial charge in [-0.15, -0.1) is 10.2 Å². The highest BCUT2D eigenvalue weighted by Gasteiger charge is 2.23. The predicted molar refractivity (Wildman–Crippen MR) is 128 cm³/mol. The molecule has 1 fully saturated rings. The maximum Gasteiger partial charge on any atom is 0.260 e. The number of aromatic nitrogens is 2. The molecule has 4 rings (SSSR count). The molecule has 1 amide bonds. The van der Waals surface area contributed by atoms with Crippen molar-refractivity contribution in [2.24, 2.45) is 0 Å². The van der Waals surface area contributed by atoms with Gasteiger partial charge in [-0.1, -0.05) is 12.1 Å². The van der Waals surface area contributed by atoms with Crippen molar-refractivity contribution < 1.29 is 23.7 Å². The van der Waals surface area contributed by atoms with Crippen LogP contribution in [0.5, 0.6) is 23.0 Å². The van der Waals surface area contributed by atoms with Crippen molar-refractivity contribution in [3.63, 3.8) is 0 Å². The lowest BCUT2D eigenvalue weighted by Crippen LogP contribution is -2.50. The highest BCUT2D eigenvalue weighted by atomic mass is 16.5. The van der Waals surface area contributed by atoms with Gasteiger partial charge < -0.3 is 28.7 Å². The standard InChI is InChI=1S/C25H28N4O5/c1-31-18-14-19(32-2)16-20(15-18)34-17-25(30)29-12-10-28(11-13-29)24-9-8-22(26-27-24)21-6-4-5-7-23(21)33-3/h4-9,14-16H,10-13,17H2,1-3H3. The van der Waals surface area contributed by atoms with E-state index >= 15 is 0 Å². The molecule has 0 N–H and O–H groups in total. The molecule has 2 aromatic carbocycles. The van der Waals surface area contributed by atoms with Crippen LogP contribution < -0.4 is 23.8 Å². The van der Waals surface area contributed by atoms with Crippen molar-refractivity contribution in [2.75, 3.05) is 59.0 Å². The van der Waals surface area contributed by atoms with E-state index in [1.165, 1.54) is 0 Å². The Bertz CT molecular complexity index is 1090. The molecule has 1 saturated heterocycles. The SMILES string of the molecule is COc1cc(OC)cc(OCC(=O)N2CCN(c3ccc(-c4ccccc4OC)nn3)CC2)c1. The van der Waals surface area contributed by atoms with E-state index in [2.05, 4.69) is 15.1 Å². The Morgan fingerprint density at radius 2 is 1.50 bits per heavy atom. The van der Waals surface area contributed by atoms with Gasteiger partial charge in [0.15, 0.2) is 12.4 Å². The molecule has 0 radical (unpaired) electrons. The Labute approximate surface area is 198 Å². The highest BCUT2D eigenvalue weighted by Crippen LogP contribution is 2.29. The second-order valence-electron chi connectivity index (χ2n) is 7.68.